The number of rotatable bonds is 5. The highest BCUT2D eigenvalue weighted by molar-refractivity contribution is 5.22. The smallest absolute Gasteiger partial charge is 0.127 e. The summed E-state index contributed by atoms with van der Waals surface area (Å²) in [6.45, 7) is 5.28. The van der Waals surface area contributed by atoms with Gasteiger partial charge in [0, 0.05) is 11.6 Å². The Bertz CT molecular complexity index is 383. The van der Waals surface area contributed by atoms with Gasteiger partial charge in [-0.1, -0.05) is 51.3 Å². The minimum Gasteiger partial charge on any atom is -0.310 e. The molecular weight excluding hydrogens is 237 g/mol. The van der Waals surface area contributed by atoms with Crippen molar-refractivity contribution in [3.63, 3.8) is 0 Å². The predicted octanol–water partition coefficient (Wildman–Crippen LogP) is 4.69. The van der Waals surface area contributed by atoms with Crippen LogP contribution in [0, 0.1) is 17.7 Å². The van der Waals surface area contributed by atoms with Gasteiger partial charge in [0.15, 0.2) is 0 Å². The van der Waals surface area contributed by atoms with E-state index in [1.54, 1.807) is 12.1 Å². The van der Waals surface area contributed by atoms with Crippen molar-refractivity contribution in [3.05, 3.63) is 35.6 Å². The first-order valence-corrected chi connectivity index (χ1v) is 7.74. The number of benzene rings is 1. The lowest BCUT2D eigenvalue weighted by Gasteiger charge is -2.34. The largest absolute Gasteiger partial charge is 0.310 e. The molecule has 2 rings (SSSR count). The Labute approximate surface area is 116 Å². The summed E-state index contributed by atoms with van der Waals surface area (Å²) in [4.78, 5) is 0. The Balaban J connectivity index is 2.10. The highest BCUT2D eigenvalue weighted by Crippen LogP contribution is 2.38. The van der Waals surface area contributed by atoms with Gasteiger partial charge in [-0.15, -0.1) is 0 Å². The zero-order chi connectivity index (χ0) is 13.7. The molecule has 1 N–H and O–H groups in total. The minimum atomic E-state index is -0.0638. The molecule has 106 valence electrons. The van der Waals surface area contributed by atoms with Gasteiger partial charge in [-0.05, 0) is 37.3 Å². The molecule has 19 heavy (non-hydrogen) atoms. The lowest BCUT2D eigenvalue weighted by molar-refractivity contribution is 0.217. The van der Waals surface area contributed by atoms with Crippen LogP contribution in [0.1, 0.15) is 57.6 Å². The molecule has 1 aromatic rings. The fraction of sp³-hybridized carbons (Fsp3) is 0.647. The van der Waals surface area contributed by atoms with E-state index in [-0.39, 0.29) is 11.9 Å². The Morgan fingerprint density at radius 1 is 1.16 bits per heavy atom. The summed E-state index contributed by atoms with van der Waals surface area (Å²) >= 11 is 0. The zero-order valence-electron chi connectivity index (χ0n) is 12.2. The van der Waals surface area contributed by atoms with Crippen LogP contribution < -0.4 is 5.32 Å². The Hall–Kier alpha value is -0.890. The summed E-state index contributed by atoms with van der Waals surface area (Å²) in [5, 5.41) is 3.50. The normalized spacial score (nSPS) is 25.2. The van der Waals surface area contributed by atoms with Gasteiger partial charge >= 0.3 is 0 Å². The number of nitrogens with one attached hydrogen (secondary N) is 1. The van der Waals surface area contributed by atoms with Crippen molar-refractivity contribution in [1.82, 2.24) is 5.32 Å². The van der Waals surface area contributed by atoms with Crippen LogP contribution in [-0.4, -0.2) is 6.54 Å². The first-order chi connectivity index (χ1) is 9.26. The van der Waals surface area contributed by atoms with E-state index >= 15 is 0 Å². The third kappa shape index (κ3) is 3.56. The van der Waals surface area contributed by atoms with Crippen molar-refractivity contribution >= 4 is 0 Å². The second-order valence-electron chi connectivity index (χ2n) is 5.75. The van der Waals surface area contributed by atoms with Gasteiger partial charge in [0.2, 0.25) is 0 Å². The molecule has 1 aliphatic carbocycles. The van der Waals surface area contributed by atoms with Crippen LogP contribution in [0.2, 0.25) is 0 Å². The molecule has 1 aliphatic rings. The first kappa shape index (κ1) is 14.5. The van der Waals surface area contributed by atoms with E-state index in [1.807, 2.05) is 12.1 Å². The molecule has 0 amide bonds. The molecule has 0 radical (unpaired) electrons. The maximum atomic E-state index is 14.0. The van der Waals surface area contributed by atoms with Crippen molar-refractivity contribution in [2.45, 2.75) is 52.0 Å². The molecule has 1 fully saturated rings. The Morgan fingerprint density at radius 2 is 1.84 bits per heavy atom. The van der Waals surface area contributed by atoms with Gasteiger partial charge in [-0.3, -0.25) is 0 Å². The minimum absolute atomic E-state index is 0.0638. The molecule has 1 saturated carbocycles. The second kappa shape index (κ2) is 7.04. The molecule has 0 heterocycles. The third-order valence-electron chi connectivity index (χ3n) is 4.60. The van der Waals surface area contributed by atoms with E-state index < -0.39 is 0 Å². The van der Waals surface area contributed by atoms with Crippen LogP contribution in [-0.2, 0) is 0 Å². The molecule has 2 heteroatoms. The highest BCUT2D eigenvalue weighted by Gasteiger charge is 2.28. The summed E-state index contributed by atoms with van der Waals surface area (Å²) < 4.78 is 14.0. The summed E-state index contributed by atoms with van der Waals surface area (Å²) in [6.07, 6.45) is 6.35. The molecule has 0 aliphatic heterocycles. The van der Waals surface area contributed by atoms with Gasteiger partial charge < -0.3 is 5.32 Å². The van der Waals surface area contributed by atoms with Crippen LogP contribution in [0.15, 0.2) is 24.3 Å². The van der Waals surface area contributed by atoms with Crippen LogP contribution in [0.3, 0.4) is 0 Å². The van der Waals surface area contributed by atoms with Gasteiger partial charge in [0.1, 0.15) is 5.82 Å². The van der Waals surface area contributed by atoms with Crippen LogP contribution in [0.4, 0.5) is 4.39 Å². The van der Waals surface area contributed by atoms with Gasteiger partial charge in [0.05, 0.1) is 0 Å². The molecule has 1 unspecified atom stereocenters. The maximum absolute atomic E-state index is 14.0. The van der Waals surface area contributed by atoms with Gasteiger partial charge in [0.25, 0.3) is 0 Å². The van der Waals surface area contributed by atoms with Crippen LogP contribution >= 0.6 is 0 Å². The SMILES string of the molecule is CCNC(c1ccccc1F)C1CCC(CC)CC1. The summed E-state index contributed by atoms with van der Waals surface area (Å²) in [5.74, 6) is 1.41. The average molecular weight is 263 g/mol. The monoisotopic (exact) mass is 263 g/mol. The molecule has 1 atom stereocenters. The van der Waals surface area contributed by atoms with E-state index in [0.717, 1.165) is 18.0 Å². The van der Waals surface area contributed by atoms with Crippen LogP contribution in [0.25, 0.3) is 0 Å². The first-order valence-electron chi connectivity index (χ1n) is 7.74. The molecular formula is C17H26FN. The molecule has 0 spiro atoms. The number of hydrogen-bond acceptors (Lipinski definition) is 1. The van der Waals surface area contributed by atoms with E-state index in [9.17, 15) is 4.39 Å². The average Bonchev–Trinajstić information content (AvgIpc) is 2.46. The van der Waals surface area contributed by atoms with E-state index in [4.69, 9.17) is 0 Å². The number of halogens is 1. The molecule has 1 aromatic carbocycles. The van der Waals surface area contributed by atoms with E-state index in [0.29, 0.717) is 5.92 Å². The Kier molecular flexibility index (Phi) is 5.38. The fourth-order valence-corrected chi connectivity index (χ4v) is 3.41. The van der Waals surface area contributed by atoms with Crippen molar-refractivity contribution in [2.24, 2.45) is 11.8 Å². The van der Waals surface area contributed by atoms with Crippen molar-refractivity contribution in [3.8, 4) is 0 Å². The lowest BCUT2D eigenvalue weighted by atomic mass is 9.76. The highest BCUT2D eigenvalue weighted by atomic mass is 19.1. The third-order valence-corrected chi connectivity index (χ3v) is 4.60. The number of hydrogen-bond donors (Lipinski definition) is 1. The molecule has 1 nitrogen and oxygen atoms in total. The molecule has 0 bridgehead atoms. The lowest BCUT2D eigenvalue weighted by Crippen LogP contribution is -2.31. The maximum Gasteiger partial charge on any atom is 0.127 e. The van der Waals surface area contributed by atoms with Gasteiger partial charge in [-0.2, -0.15) is 0 Å². The van der Waals surface area contributed by atoms with Crippen molar-refractivity contribution in [2.75, 3.05) is 6.54 Å². The van der Waals surface area contributed by atoms with E-state index in [1.165, 1.54) is 32.1 Å². The fourth-order valence-electron chi connectivity index (χ4n) is 3.41. The van der Waals surface area contributed by atoms with Crippen LogP contribution in [0.5, 0.6) is 0 Å². The zero-order valence-corrected chi connectivity index (χ0v) is 12.2. The summed E-state index contributed by atoms with van der Waals surface area (Å²) in [6, 6.07) is 7.42. The quantitative estimate of drug-likeness (QED) is 0.812. The van der Waals surface area contributed by atoms with Crippen molar-refractivity contribution in [1.29, 1.82) is 0 Å². The summed E-state index contributed by atoms with van der Waals surface area (Å²) in [7, 11) is 0. The molecule has 0 aromatic heterocycles. The topological polar surface area (TPSA) is 12.0 Å². The van der Waals surface area contributed by atoms with Crippen molar-refractivity contribution < 1.29 is 4.39 Å². The second-order valence-corrected chi connectivity index (χ2v) is 5.75. The molecule has 0 saturated heterocycles. The summed E-state index contributed by atoms with van der Waals surface area (Å²) in [5.41, 5.74) is 0.851. The predicted molar refractivity (Wildman–Crippen MR) is 78.6 cm³/mol. The Morgan fingerprint density at radius 3 is 2.42 bits per heavy atom. The van der Waals surface area contributed by atoms with Gasteiger partial charge in [-0.25, -0.2) is 4.39 Å². The standard InChI is InChI=1S/C17H26FN/c1-3-13-9-11-14(12-10-13)17(19-4-2)15-7-5-6-8-16(15)18/h5-8,13-14,17,19H,3-4,9-12H2,1-2H3. The van der Waals surface area contributed by atoms with E-state index in [2.05, 4.69) is 19.2 Å².